The average molecular weight is 503 g/mol. The standard InChI is InChI=1S/C31H35FN2O3/c1-23-11-10-14-25(19-23)21-34(30(35)22-37-29-18-9-8-17-27(29)32)28(20-24-12-4-2-5-13-24)31(36)33-26-15-6-3-7-16-26/h2,4-5,8-14,17-19,26,28H,3,6-7,15-16,20-22H2,1H3,(H,33,36)/t28-/m1/s1. The number of rotatable bonds is 10. The van der Waals surface area contributed by atoms with Gasteiger partial charge in [-0.15, -0.1) is 0 Å². The average Bonchev–Trinajstić information content (AvgIpc) is 2.91. The van der Waals surface area contributed by atoms with Gasteiger partial charge in [-0.3, -0.25) is 9.59 Å². The molecule has 0 aromatic heterocycles. The van der Waals surface area contributed by atoms with Gasteiger partial charge in [0.2, 0.25) is 5.91 Å². The molecule has 0 saturated heterocycles. The molecule has 1 aliphatic carbocycles. The van der Waals surface area contributed by atoms with Crippen LogP contribution in [0.3, 0.4) is 0 Å². The van der Waals surface area contributed by atoms with Gasteiger partial charge in [-0.25, -0.2) is 4.39 Å². The third kappa shape index (κ3) is 7.66. The van der Waals surface area contributed by atoms with Gasteiger partial charge < -0.3 is 15.0 Å². The second-order valence-corrected chi connectivity index (χ2v) is 9.78. The molecule has 2 amide bonds. The van der Waals surface area contributed by atoms with Gasteiger partial charge in [0.05, 0.1) is 0 Å². The van der Waals surface area contributed by atoms with Crippen molar-refractivity contribution in [3.05, 3.63) is 101 Å². The summed E-state index contributed by atoms with van der Waals surface area (Å²) in [6.07, 6.45) is 5.65. The van der Waals surface area contributed by atoms with E-state index in [4.69, 9.17) is 4.74 Å². The quantitative estimate of drug-likeness (QED) is 0.393. The molecule has 0 spiro atoms. The lowest BCUT2D eigenvalue weighted by molar-refractivity contribution is -0.143. The van der Waals surface area contributed by atoms with Crippen molar-refractivity contribution in [1.29, 1.82) is 0 Å². The summed E-state index contributed by atoms with van der Waals surface area (Å²) in [6.45, 7) is 1.87. The Morgan fingerprint density at radius 1 is 0.946 bits per heavy atom. The number of carbonyl (C=O) groups excluding carboxylic acids is 2. The SMILES string of the molecule is Cc1cccc(CN(C(=O)COc2ccccc2F)[C@H](Cc2ccccc2)C(=O)NC2CCCCC2)c1. The Balaban J connectivity index is 1.62. The zero-order valence-electron chi connectivity index (χ0n) is 21.4. The minimum Gasteiger partial charge on any atom is -0.481 e. The Morgan fingerprint density at radius 3 is 2.38 bits per heavy atom. The lowest BCUT2D eigenvalue weighted by Crippen LogP contribution is -2.53. The van der Waals surface area contributed by atoms with Crippen molar-refractivity contribution in [3.8, 4) is 5.75 Å². The van der Waals surface area contributed by atoms with E-state index in [0.29, 0.717) is 6.42 Å². The number of aryl methyl sites for hydroxylation is 1. The topological polar surface area (TPSA) is 58.6 Å². The molecule has 3 aromatic carbocycles. The van der Waals surface area contributed by atoms with Crippen LogP contribution in [0.2, 0.25) is 0 Å². The van der Waals surface area contributed by atoms with Crippen molar-refractivity contribution in [1.82, 2.24) is 10.2 Å². The zero-order valence-corrected chi connectivity index (χ0v) is 21.4. The lowest BCUT2D eigenvalue weighted by atomic mass is 9.94. The molecule has 1 atom stereocenters. The van der Waals surface area contributed by atoms with Gasteiger partial charge in [0.25, 0.3) is 5.91 Å². The maximum atomic E-state index is 14.2. The Labute approximate surface area is 218 Å². The summed E-state index contributed by atoms with van der Waals surface area (Å²) in [4.78, 5) is 29.0. The fourth-order valence-corrected chi connectivity index (χ4v) is 4.89. The van der Waals surface area contributed by atoms with Crippen LogP contribution in [0, 0.1) is 12.7 Å². The maximum absolute atomic E-state index is 14.2. The van der Waals surface area contributed by atoms with E-state index in [-0.39, 0.29) is 36.8 Å². The fraction of sp³-hybridized carbons (Fsp3) is 0.355. The highest BCUT2D eigenvalue weighted by atomic mass is 19.1. The van der Waals surface area contributed by atoms with E-state index in [2.05, 4.69) is 5.32 Å². The Hall–Kier alpha value is -3.67. The van der Waals surface area contributed by atoms with E-state index >= 15 is 0 Å². The Bertz CT molecular complexity index is 1180. The number of nitrogens with one attached hydrogen (secondary N) is 1. The van der Waals surface area contributed by atoms with Crippen LogP contribution in [0.4, 0.5) is 4.39 Å². The number of ether oxygens (including phenoxy) is 1. The summed E-state index contributed by atoms with van der Waals surface area (Å²) in [5, 5.41) is 3.22. The number of amides is 2. The molecular formula is C31H35FN2O3. The molecule has 1 aliphatic rings. The number of halogens is 1. The molecule has 0 heterocycles. The largest absolute Gasteiger partial charge is 0.481 e. The number of para-hydroxylation sites is 1. The molecule has 194 valence electrons. The normalized spacial score (nSPS) is 14.5. The van der Waals surface area contributed by atoms with Crippen LogP contribution in [0.25, 0.3) is 0 Å². The van der Waals surface area contributed by atoms with Gasteiger partial charge in [0, 0.05) is 19.0 Å². The van der Waals surface area contributed by atoms with Gasteiger partial charge in [-0.1, -0.05) is 91.6 Å². The number of nitrogens with zero attached hydrogens (tertiary/aromatic N) is 1. The monoisotopic (exact) mass is 502 g/mol. The van der Waals surface area contributed by atoms with Gasteiger partial charge in [-0.2, -0.15) is 0 Å². The first kappa shape index (κ1) is 26.4. The van der Waals surface area contributed by atoms with E-state index in [1.807, 2.05) is 61.5 Å². The Kier molecular flexibility index (Phi) is 9.30. The molecule has 4 rings (SSSR count). The summed E-state index contributed by atoms with van der Waals surface area (Å²) in [5.74, 6) is -1.05. The van der Waals surface area contributed by atoms with Crippen molar-refractivity contribution in [2.45, 2.75) is 64.1 Å². The maximum Gasteiger partial charge on any atom is 0.261 e. The predicted molar refractivity (Wildman–Crippen MR) is 143 cm³/mol. The van der Waals surface area contributed by atoms with Crippen molar-refractivity contribution in [2.75, 3.05) is 6.61 Å². The van der Waals surface area contributed by atoms with Crippen LogP contribution in [-0.2, 0) is 22.6 Å². The first-order chi connectivity index (χ1) is 18.0. The highest BCUT2D eigenvalue weighted by Crippen LogP contribution is 2.21. The molecule has 1 saturated carbocycles. The third-order valence-electron chi connectivity index (χ3n) is 6.85. The number of benzene rings is 3. The lowest BCUT2D eigenvalue weighted by Gasteiger charge is -2.33. The first-order valence-corrected chi connectivity index (χ1v) is 13.1. The van der Waals surface area contributed by atoms with Crippen molar-refractivity contribution in [2.24, 2.45) is 0 Å². The number of hydrogen-bond acceptors (Lipinski definition) is 3. The molecule has 0 unspecified atom stereocenters. The smallest absolute Gasteiger partial charge is 0.261 e. The summed E-state index contributed by atoms with van der Waals surface area (Å²) in [6, 6.07) is 23.0. The second kappa shape index (κ2) is 13.0. The fourth-order valence-electron chi connectivity index (χ4n) is 4.89. The third-order valence-corrected chi connectivity index (χ3v) is 6.85. The van der Waals surface area contributed by atoms with Crippen LogP contribution in [0.15, 0.2) is 78.9 Å². The van der Waals surface area contributed by atoms with Gasteiger partial charge >= 0.3 is 0 Å². The Morgan fingerprint density at radius 2 is 1.65 bits per heavy atom. The molecule has 6 heteroatoms. The van der Waals surface area contributed by atoms with E-state index < -0.39 is 11.9 Å². The summed E-state index contributed by atoms with van der Waals surface area (Å²) in [7, 11) is 0. The molecule has 0 aliphatic heterocycles. The minimum atomic E-state index is -0.735. The molecule has 0 bridgehead atoms. The zero-order chi connectivity index (χ0) is 26.0. The van der Waals surface area contributed by atoms with Crippen molar-refractivity contribution >= 4 is 11.8 Å². The molecule has 0 radical (unpaired) electrons. The number of carbonyl (C=O) groups is 2. The molecule has 5 nitrogen and oxygen atoms in total. The summed E-state index contributed by atoms with van der Waals surface area (Å²) >= 11 is 0. The molecule has 37 heavy (non-hydrogen) atoms. The number of hydrogen-bond donors (Lipinski definition) is 1. The molecule has 3 aromatic rings. The van der Waals surface area contributed by atoms with Gasteiger partial charge in [0.15, 0.2) is 18.2 Å². The highest BCUT2D eigenvalue weighted by molar-refractivity contribution is 5.88. The first-order valence-electron chi connectivity index (χ1n) is 13.1. The highest BCUT2D eigenvalue weighted by Gasteiger charge is 2.32. The van der Waals surface area contributed by atoms with E-state index in [1.165, 1.54) is 18.6 Å². The minimum absolute atomic E-state index is 0.0117. The van der Waals surface area contributed by atoms with Crippen LogP contribution in [0.1, 0.15) is 48.8 Å². The van der Waals surface area contributed by atoms with Crippen LogP contribution in [-0.4, -0.2) is 35.4 Å². The predicted octanol–water partition coefficient (Wildman–Crippen LogP) is 5.60. The summed E-state index contributed by atoms with van der Waals surface area (Å²) < 4.78 is 19.7. The molecule has 1 fully saturated rings. The van der Waals surface area contributed by atoms with E-state index in [0.717, 1.165) is 42.4 Å². The van der Waals surface area contributed by atoms with Gasteiger partial charge in [-0.05, 0) is 43.0 Å². The molecule has 1 N–H and O–H groups in total. The van der Waals surface area contributed by atoms with E-state index in [9.17, 15) is 14.0 Å². The van der Waals surface area contributed by atoms with Gasteiger partial charge in [0.1, 0.15) is 6.04 Å². The van der Waals surface area contributed by atoms with Crippen molar-refractivity contribution in [3.63, 3.8) is 0 Å². The van der Waals surface area contributed by atoms with Crippen molar-refractivity contribution < 1.29 is 18.7 Å². The van der Waals surface area contributed by atoms with E-state index in [1.54, 1.807) is 17.0 Å². The van der Waals surface area contributed by atoms with Crippen LogP contribution in [0.5, 0.6) is 5.75 Å². The summed E-state index contributed by atoms with van der Waals surface area (Å²) in [5.41, 5.74) is 2.95. The van der Waals surface area contributed by atoms with Crippen LogP contribution >= 0.6 is 0 Å². The second-order valence-electron chi connectivity index (χ2n) is 9.78. The molecular weight excluding hydrogens is 467 g/mol. The van der Waals surface area contributed by atoms with Crippen LogP contribution < -0.4 is 10.1 Å².